The van der Waals surface area contributed by atoms with Crippen molar-refractivity contribution in [2.45, 2.75) is 24.9 Å². The molecule has 0 spiro atoms. The van der Waals surface area contributed by atoms with E-state index in [2.05, 4.69) is 0 Å². The van der Waals surface area contributed by atoms with Crippen LogP contribution in [0.3, 0.4) is 0 Å². The van der Waals surface area contributed by atoms with Crippen LogP contribution >= 0.6 is 0 Å². The first kappa shape index (κ1) is 18.1. The van der Waals surface area contributed by atoms with Gasteiger partial charge in [-0.1, -0.05) is 60.7 Å². The molecule has 5 heteroatoms. The Hall–Kier alpha value is -2.66. The molecule has 0 aromatic heterocycles. The number of nitrogens with zero attached hydrogens (tertiary/aromatic N) is 1. The van der Waals surface area contributed by atoms with Crippen molar-refractivity contribution in [1.29, 1.82) is 0 Å². The van der Waals surface area contributed by atoms with E-state index < -0.39 is 11.4 Å². The minimum atomic E-state index is -0.914. The molecule has 0 aliphatic carbocycles. The highest BCUT2D eigenvalue weighted by molar-refractivity contribution is 5.83. The summed E-state index contributed by atoms with van der Waals surface area (Å²) in [7, 11) is 0. The number of piperidine rings is 1. The van der Waals surface area contributed by atoms with Gasteiger partial charge >= 0.3 is 5.97 Å². The Morgan fingerprint density at radius 3 is 2.12 bits per heavy atom. The number of aliphatic carboxylic acids is 1. The second kappa shape index (κ2) is 8.15. The number of carboxylic acids is 1. The molecule has 0 unspecified atom stereocenters. The smallest absolute Gasteiger partial charge is 0.314 e. The van der Waals surface area contributed by atoms with Crippen molar-refractivity contribution in [3.63, 3.8) is 0 Å². The quantitative estimate of drug-likeness (QED) is 0.867. The van der Waals surface area contributed by atoms with Gasteiger partial charge in [-0.05, 0) is 24.0 Å². The number of ether oxygens (including phenoxy) is 1. The predicted octanol–water partition coefficient (Wildman–Crippen LogP) is 2.85. The van der Waals surface area contributed by atoms with Crippen molar-refractivity contribution in [1.82, 2.24) is 4.90 Å². The molecule has 136 valence electrons. The number of hydrogen-bond donors (Lipinski definition) is 1. The van der Waals surface area contributed by atoms with Gasteiger partial charge in [-0.2, -0.15) is 0 Å². The van der Waals surface area contributed by atoms with Crippen molar-refractivity contribution < 1.29 is 19.4 Å². The average Bonchev–Trinajstić information content (AvgIpc) is 2.69. The summed E-state index contributed by atoms with van der Waals surface area (Å²) in [4.78, 5) is 26.0. The summed E-state index contributed by atoms with van der Waals surface area (Å²) in [5.41, 5.74) is 0.913. The Morgan fingerprint density at radius 2 is 1.54 bits per heavy atom. The Balaban J connectivity index is 1.55. The molecule has 1 saturated heterocycles. The van der Waals surface area contributed by atoms with E-state index in [-0.39, 0.29) is 12.5 Å². The Kier molecular flexibility index (Phi) is 5.68. The maximum Gasteiger partial charge on any atom is 0.314 e. The topological polar surface area (TPSA) is 66.8 Å². The van der Waals surface area contributed by atoms with Gasteiger partial charge in [-0.25, -0.2) is 0 Å². The lowest BCUT2D eigenvalue weighted by Crippen LogP contribution is -2.49. The number of likely N-dealkylation sites (tertiary alicyclic amines) is 1. The molecule has 1 heterocycles. The molecular formula is C21H23NO4. The number of rotatable bonds is 6. The Labute approximate surface area is 153 Å². The Morgan fingerprint density at radius 1 is 0.962 bits per heavy atom. The van der Waals surface area contributed by atoms with Crippen molar-refractivity contribution >= 4 is 11.9 Å². The minimum Gasteiger partial charge on any atom is -0.481 e. The van der Waals surface area contributed by atoms with Crippen molar-refractivity contribution in [2.75, 3.05) is 19.7 Å². The van der Waals surface area contributed by atoms with Gasteiger partial charge in [-0.3, -0.25) is 9.59 Å². The molecule has 2 aromatic carbocycles. The fourth-order valence-electron chi connectivity index (χ4n) is 3.44. The zero-order valence-electron chi connectivity index (χ0n) is 14.6. The monoisotopic (exact) mass is 353 g/mol. The Bertz CT molecular complexity index is 737. The van der Waals surface area contributed by atoms with Gasteiger partial charge in [0.05, 0.1) is 12.0 Å². The van der Waals surface area contributed by atoms with E-state index in [9.17, 15) is 14.7 Å². The van der Waals surface area contributed by atoms with E-state index in [0.717, 1.165) is 11.1 Å². The number of benzene rings is 2. The van der Waals surface area contributed by atoms with E-state index in [1.165, 1.54) is 0 Å². The molecule has 1 fully saturated rings. The first-order valence-electron chi connectivity index (χ1n) is 8.80. The lowest BCUT2D eigenvalue weighted by Gasteiger charge is -2.39. The van der Waals surface area contributed by atoms with Crippen LogP contribution in [0.2, 0.25) is 0 Å². The van der Waals surface area contributed by atoms with Crippen LogP contribution in [-0.4, -0.2) is 41.6 Å². The molecule has 3 rings (SSSR count). The van der Waals surface area contributed by atoms with Crippen LogP contribution in [0.4, 0.5) is 0 Å². The third-order valence-electron chi connectivity index (χ3n) is 5.04. The first-order valence-corrected chi connectivity index (χ1v) is 8.80. The third-order valence-corrected chi connectivity index (χ3v) is 5.04. The number of carboxylic acid groups (broad SMARTS) is 1. The molecule has 0 radical (unpaired) electrons. The fourth-order valence-corrected chi connectivity index (χ4v) is 3.44. The van der Waals surface area contributed by atoms with Crippen LogP contribution in [0.15, 0.2) is 60.7 Å². The van der Waals surface area contributed by atoms with Crippen LogP contribution in [0.5, 0.6) is 0 Å². The van der Waals surface area contributed by atoms with E-state index in [0.29, 0.717) is 32.5 Å². The van der Waals surface area contributed by atoms with E-state index in [1.807, 2.05) is 60.7 Å². The van der Waals surface area contributed by atoms with Crippen molar-refractivity contribution in [2.24, 2.45) is 0 Å². The predicted molar refractivity (Wildman–Crippen MR) is 97.7 cm³/mol. The lowest BCUT2D eigenvalue weighted by molar-refractivity contribution is -0.149. The van der Waals surface area contributed by atoms with Crippen molar-refractivity contribution in [3.05, 3.63) is 71.8 Å². The normalized spacial score (nSPS) is 16.2. The summed E-state index contributed by atoms with van der Waals surface area (Å²) in [6, 6.07) is 19.0. The van der Waals surface area contributed by atoms with Crippen molar-refractivity contribution in [3.8, 4) is 0 Å². The van der Waals surface area contributed by atoms with E-state index in [4.69, 9.17) is 4.74 Å². The van der Waals surface area contributed by atoms with E-state index in [1.54, 1.807) is 4.90 Å². The van der Waals surface area contributed by atoms with E-state index >= 15 is 0 Å². The van der Waals surface area contributed by atoms with Gasteiger partial charge in [0, 0.05) is 13.1 Å². The molecule has 2 aromatic rings. The molecule has 1 amide bonds. The molecule has 0 atom stereocenters. The summed E-state index contributed by atoms with van der Waals surface area (Å²) in [6.07, 6.45) is 0.827. The average molecular weight is 353 g/mol. The summed E-state index contributed by atoms with van der Waals surface area (Å²) in [5.74, 6) is -0.913. The van der Waals surface area contributed by atoms with Gasteiger partial charge in [0.25, 0.3) is 0 Å². The maximum absolute atomic E-state index is 12.4. The highest BCUT2D eigenvalue weighted by Gasteiger charge is 2.43. The SMILES string of the molecule is O=C(COCc1ccccc1)N1CCC(C(=O)O)(c2ccccc2)CC1. The van der Waals surface area contributed by atoms with Gasteiger partial charge in [0.2, 0.25) is 5.91 Å². The van der Waals surface area contributed by atoms with Gasteiger partial charge in [0.15, 0.2) is 0 Å². The zero-order valence-corrected chi connectivity index (χ0v) is 14.6. The molecule has 1 aliphatic rings. The molecule has 1 N–H and O–H groups in total. The molecular weight excluding hydrogens is 330 g/mol. The molecule has 5 nitrogen and oxygen atoms in total. The summed E-state index contributed by atoms with van der Waals surface area (Å²) >= 11 is 0. The van der Waals surface area contributed by atoms with Crippen LogP contribution in [-0.2, 0) is 26.3 Å². The maximum atomic E-state index is 12.4. The number of carbonyl (C=O) groups excluding carboxylic acids is 1. The number of carbonyl (C=O) groups is 2. The minimum absolute atomic E-state index is 0.0142. The highest BCUT2D eigenvalue weighted by atomic mass is 16.5. The van der Waals surface area contributed by atoms with Crippen LogP contribution in [0.1, 0.15) is 24.0 Å². The number of hydrogen-bond acceptors (Lipinski definition) is 3. The standard InChI is InChI=1S/C21H23NO4/c23-19(16-26-15-17-7-3-1-4-8-17)22-13-11-21(12-14-22,20(24)25)18-9-5-2-6-10-18/h1-10H,11-16H2,(H,24,25). The molecule has 1 aliphatic heterocycles. The second-order valence-corrected chi connectivity index (χ2v) is 6.61. The molecule has 0 saturated carbocycles. The van der Waals surface area contributed by atoms with Gasteiger partial charge in [0.1, 0.15) is 6.61 Å². The van der Waals surface area contributed by atoms with Crippen LogP contribution in [0, 0.1) is 0 Å². The first-order chi connectivity index (χ1) is 12.6. The highest BCUT2D eigenvalue weighted by Crippen LogP contribution is 2.35. The van der Waals surface area contributed by atoms with Gasteiger partial charge in [-0.15, -0.1) is 0 Å². The zero-order chi connectivity index (χ0) is 18.4. The summed E-state index contributed by atoms with van der Waals surface area (Å²) in [5, 5.41) is 9.81. The second-order valence-electron chi connectivity index (χ2n) is 6.61. The molecule has 26 heavy (non-hydrogen) atoms. The number of amides is 1. The van der Waals surface area contributed by atoms with Crippen LogP contribution < -0.4 is 0 Å². The van der Waals surface area contributed by atoms with Gasteiger partial charge < -0.3 is 14.7 Å². The molecule has 0 bridgehead atoms. The fraction of sp³-hybridized carbons (Fsp3) is 0.333. The third kappa shape index (κ3) is 3.94. The van der Waals surface area contributed by atoms with Crippen LogP contribution in [0.25, 0.3) is 0 Å². The summed E-state index contributed by atoms with van der Waals surface area (Å²) < 4.78 is 5.51. The lowest BCUT2D eigenvalue weighted by atomic mass is 9.73. The summed E-state index contributed by atoms with van der Waals surface area (Å²) in [6.45, 7) is 1.26. The largest absolute Gasteiger partial charge is 0.481 e.